The van der Waals surface area contributed by atoms with Crippen molar-refractivity contribution in [2.45, 2.75) is 50.5 Å². The standard InChI is InChI=1S/C32H40N2O9/c1-5-6-7-27(37)34(12-10-20-16-21(40-2)8-9-25(20)41-3)24-17-23(32(39)33-11-13-35)28-22-14-19(18-36)15-26(42-4)30(22)43-31(28)29(24)38/h6-9,14-17,24,28-29,31,35-36,38H,5,10-13,18H2,1-4H3,(H,33,39)/t24-,28+,29+,31+/m1/s1. The monoisotopic (exact) mass is 596 g/mol. The molecule has 2 aromatic rings. The minimum absolute atomic E-state index is 0.0199. The second-order valence-electron chi connectivity index (χ2n) is 10.3. The van der Waals surface area contributed by atoms with E-state index in [1.54, 1.807) is 50.6 Å². The lowest BCUT2D eigenvalue weighted by Gasteiger charge is -2.40. The largest absolute Gasteiger partial charge is 0.497 e. The van der Waals surface area contributed by atoms with Crippen molar-refractivity contribution in [2.24, 2.45) is 0 Å². The minimum atomic E-state index is -1.22. The Hall–Kier alpha value is -4.06. The molecule has 43 heavy (non-hydrogen) atoms. The summed E-state index contributed by atoms with van der Waals surface area (Å²) in [6, 6.07) is 7.85. The second kappa shape index (κ2) is 14.4. The molecule has 1 heterocycles. The van der Waals surface area contributed by atoms with E-state index in [0.29, 0.717) is 47.0 Å². The van der Waals surface area contributed by atoms with Crippen molar-refractivity contribution in [3.05, 3.63) is 70.8 Å². The van der Waals surface area contributed by atoms with E-state index in [9.17, 15) is 24.9 Å². The summed E-state index contributed by atoms with van der Waals surface area (Å²) in [6.45, 7) is 1.59. The van der Waals surface area contributed by atoms with E-state index in [0.717, 1.165) is 5.56 Å². The fourth-order valence-corrected chi connectivity index (χ4v) is 5.66. The highest BCUT2D eigenvalue weighted by Crippen LogP contribution is 2.51. The van der Waals surface area contributed by atoms with Gasteiger partial charge in [0.15, 0.2) is 11.5 Å². The molecule has 4 atom stereocenters. The van der Waals surface area contributed by atoms with Crippen LogP contribution in [0, 0.1) is 0 Å². The van der Waals surface area contributed by atoms with E-state index < -0.39 is 30.1 Å². The average molecular weight is 597 g/mol. The van der Waals surface area contributed by atoms with E-state index in [1.807, 2.05) is 13.0 Å². The molecule has 1 aliphatic carbocycles. The van der Waals surface area contributed by atoms with Crippen LogP contribution in [0.1, 0.15) is 36.0 Å². The van der Waals surface area contributed by atoms with E-state index >= 15 is 0 Å². The molecule has 4 rings (SSSR count). The Balaban J connectivity index is 1.79. The first-order valence-corrected chi connectivity index (χ1v) is 14.3. The fourth-order valence-electron chi connectivity index (χ4n) is 5.66. The molecule has 11 nitrogen and oxygen atoms in total. The Morgan fingerprint density at radius 3 is 2.49 bits per heavy atom. The maximum atomic E-state index is 13.6. The SMILES string of the molecule is CCC=CC(=O)N(CCc1cc(OC)ccc1OC)[C@@H]1C=C(C(=O)NCCO)[C@@H]2c3cc(CO)cc(OC)c3O[C@@H]2[C@H]1O. The van der Waals surface area contributed by atoms with Crippen molar-refractivity contribution in [3.63, 3.8) is 0 Å². The molecule has 0 radical (unpaired) electrons. The molecule has 2 aromatic carbocycles. The quantitative estimate of drug-likeness (QED) is 0.255. The van der Waals surface area contributed by atoms with E-state index in [1.165, 1.54) is 18.1 Å². The zero-order valence-corrected chi connectivity index (χ0v) is 24.9. The molecule has 0 bridgehead atoms. The van der Waals surface area contributed by atoms with Gasteiger partial charge in [0, 0.05) is 24.2 Å². The number of aliphatic hydroxyl groups is 3. The van der Waals surface area contributed by atoms with Crippen LogP contribution in [-0.4, -0.2) is 91.3 Å². The maximum Gasteiger partial charge on any atom is 0.247 e. The van der Waals surface area contributed by atoms with Gasteiger partial charge < -0.3 is 44.5 Å². The number of hydrogen-bond donors (Lipinski definition) is 4. The number of rotatable bonds is 13. The van der Waals surface area contributed by atoms with Crippen LogP contribution in [-0.2, 0) is 22.6 Å². The maximum absolute atomic E-state index is 13.6. The van der Waals surface area contributed by atoms with Gasteiger partial charge in [-0.3, -0.25) is 9.59 Å². The molecule has 0 unspecified atom stereocenters. The van der Waals surface area contributed by atoms with E-state index in [-0.39, 0.29) is 37.8 Å². The minimum Gasteiger partial charge on any atom is -0.497 e. The summed E-state index contributed by atoms with van der Waals surface area (Å²) in [7, 11) is 4.60. The van der Waals surface area contributed by atoms with Crippen LogP contribution in [0.5, 0.6) is 23.0 Å². The third kappa shape index (κ3) is 6.64. The summed E-state index contributed by atoms with van der Waals surface area (Å²) in [6.07, 6.45) is 3.66. The normalized spacial score (nSPS) is 20.5. The third-order valence-electron chi connectivity index (χ3n) is 7.74. The number of carbonyl (C=O) groups excluding carboxylic acids is 2. The highest BCUT2D eigenvalue weighted by molar-refractivity contribution is 5.96. The molecule has 0 aromatic heterocycles. The number of allylic oxidation sites excluding steroid dienone is 1. The molecular weight excluding hydrogens is 556 g/mol. The Morgan fingerprint density at radius 1 is 1.07 bits per heavy atom. The van der Waals surface area contributed by atoms with Crippen molar-refractivity contribution in [1.82, 2.24) is 10.2 Å². The highest BCUT2D eigenvalue weighted by Gasteiger charge is 2.51. The first-order chi connectivity index (χ1) is 20.8. The third-order valence-corrected chi connectivity index (χ3v) is 7.74. The fraction of sp³-hybridized carbons (Fsp3) is 0.438. The molecular formula is C32H40N2O9. The molecule has 4 N–H and O–H groups in total. The van der Waals surface area contributed by atoms with Crippen molar-refractivity contribution < 1.29 is 43.9 Å². The molecule has 0 saturated heterocycles. The van der Waals surface area contributed by atoms with Gasteiger partial charge in [-0.15, -0.1) is 0 Å². The molecule has 0 saturated carbocycles. The molecule has 232 valence electrons. The lowest BCUT2D eigenvalue weighted by molar-refractivity contribution is -0.132. The number of nitrogens with one attached hydrogen (secondary N) is 1. The van der Waals surface area contributed by atoms with Gasteiger partial charge in [-0.25, -0.2) is 0 Å². The van der Waals surface area contributed by atoms with Gasteiger partial charge in [0.1, 0.15) is 23.7 Å². The molecule has 1 aliphatic heterocycles. The number of fused-ring (bicyclic) bond motifs is 3. The van der Waals surface area contributed by atoms with Crippen LogP contribution < -0.4 is 24.3 Å². The van der Waals surface area contributed by atoms with Crippen LogP contribution in [0.15, 0.2) is 54.1 Å². The van der Waals surface area contributed by atoms with E-state index in [2.05, 4.69) is 5.32 Å². The lowest BCUT2D eigenvalue weighted by atomic mass is 9.77. The van der Waals surface area contributed by atoms with Gasteiger partial charge >= 0.3 is 0 Å². The Kier molecular flexibility index (Phi) is 10.7. The summed E-state index contributed by atoms with van der Waals surface area (Å²) in [5, 5.41) is 33.7. The molecule has 2 amide bonds. The van der Waals surface area contributed by atoms with Crippen molar-refractivity contribution in [3.8, 4) is 23.0 Å². The van der Waals surface area contributed by atoms with Crippen LogP contribution >= 0.6 is 0 Å². The average Bonchev–Trinajstić information content (AvgIpc) is 3.42. The van der Waals surface area contributed by atoms with Gasteiger partial charge in [-0.2, -0.15) is 0 Å². The summed E-state index contributed by atoms with van der Waals surface area (Å²) >= 11 is 0. The summed E-state index contributed by atoms with van der Waals surface area (Å²) in [4.78, 5) is 28.6. The van der Waals surface area contributed by atoms with Crippen LogP contribution in [0.4, 0.5) is 0 Å². The first-order valence-electron chi connectivity index (χ1n) is 14.3. The number of carbonyl (C=O) groups is 2. The second-order valence-corrected chi connectivity index (χ2v) is 10.3. The summed E-state index contributed by atoms with van der Waals surface area (Å²) < 4.78 is 22.7. The number of nitrogens with zero attached hydrogens (tertiary/aromatic N) is 1. The van der Waals surface area contributed by atoms with Crippen molar-refractivity contribution in [1.29, 1.82) is 0 Å². The predicted octanol–water partition coefficient (Wildman–Crippen LogP) is 1.86. The zero-order valence-electron chi connectivity index (χ0n) is 24.9. The molecule has 0 fully saturated rings. The van der Waals surface area contributed by atoms with E-state index in [4.69, 9.17) is 18.9 Å². The van der Waals surface area contributed by atoms with Crippen molar-refractivity contribution >= 4 is 11.8 Å². The number of benzene rings is 2. The lowest BCUT2D eigenvalue weighted by Crippen LogP contribution is -2.56. The molecule has 2 aliphatic rings. The Bertz CT molecular complexity index is 1370. The van der Waals surface area contributed by atoms with Gasteiger partial charge in [0.25, 0.3) is 0 Å². The topological polar surface area (TPSA) is 147 Å². The number of hydrogen-bond acceptors (Lipinski definition) is 9. The van der Waals surface area contributed by atoms with Crippen LogP contribution in [0.3, 0.4) is 0 Å². The molecule has 11 heteroatoms. The van der Waals surface area contributed by atoms with Gasteiger partial charge in [-0.1, -0.05) is 13.0 Å². The number of methoxy groups -OCH3 is 3. The highest BCUT2D eigenvalue weighted by atomic mass is 16.5. The number of amides is 2. The predicted molar refractivity (Wildman–Crippen MR) is 158 cm³/mol. The van der Waals surface area contributed by atoms with Crippen LogP contribution in [0.2, 0.25) is 0 Å². The number of aliphatic hydroxyl groups excluding tert-OH is 3. The van der Waals surface area contributed by atoms with Gasteiger partial charge in [0.05, 0.1) is 46.5 Å². The summed E-state index contributed by atoms with van der Waals surface area (Å²) in [5.74, 6) is 0.476. The molecule has 0 spiro atoms. The van der Waals surface area contributed by atoms with Gasteiger partial charge in [0.2, 0.25) is 11.8 Å². The smallest absolute Gasteiger partial charge is 0.247 e. The Morgan fingerprint density at radius 2 is 1.84 bits per heavy atom. The van der Waals surface area contributed by atoms with Crippen LogP contribution in [0.25, 0.3) is 0 Å². The first kappa shape index (κ1) is 31.9. The zero-order chi connectivity index (χ0) is 31.1. The Labute approximate surface area is 251 Å². The van der Waals surface area contributed by atoms with Gasteiger partial charge in [-0.05, 0) is 66.5 Å². The number of ether oxygens (including phenoxy) is 4. The van der Waals surface area contributed by atoms with Crippen molar-refractivity contribution in [2.75, 3.05) is 41.0 Å². The summed E-state index contributed by atoms with van der Waals surface area (Å²) in [5.41, 5.74) is 2.22.